The number of benzene rings is 4. The maximum Gasteiger partial charge on any atom is 0.118 e. The van der Waals surface area contributed by atoms with E-state index in [0.29, 0.717) is 0 Å². The third-order valence-corrected chi connectivity index (χ3v) is 7.32. The Labute approximate surface area is 202 Å². The summed E-state index contributed by atoms with van der Waals surface area (Å²) in [7, 11) is 0. The van der Waals surface area contributed by atoms with Gasteiger partial charge >= 0.3 is 0 Å². The van der Waals surface area contributed by atoms with Crippen molar-refractivity contribution in [2.75, 3.05) is 0 Å². The molecule has 3 nitrogen and oxygen atoms in total. The fourth-order valence-electron chi connectivity index (χ4n) is 4.70. The molecule has 0 aliphatic rings. The number of phenols is 3. The van der Waals surface area contributed by atoms with E-state index in [2.05, 4.69) is 45.0 Å². The van der Waals surface area contributed by atoms with Gasteiger partial charge in [0.2, 0.25) is 0 Å². The summed E-state index contributed by atoms with van der Waals surface area (Å²) in [5.74, 6) is 0.817. The van der Waals surface area contributed by atoms with Crippen molar-refractivity contribution in [1.29, 1.82) is 0 Å². The van der Waals surface area contributed by atoms with Crippen molar-refractivity contribution in [2.45, 2.75) is 45.4 Å². The first-order valence-corrected chi connectivity index (χ1v) is 11.5. The van der Waals surface area contributed by atoms with E-state index in [4.69, 9.17) is 0 Å². The van der Waals surface area contributed by atoms with Crippen LogP contribution in [0.5, 0.6) is 17.2 Å². The molecule has 0 aliphatic heterocycles. The Morgan fingerprint density at radius 3 is 1.24 bits per heavy atom. The number of hydrogen-bond acceptors (Lipinski definition) is 3. The molecule has 3 N–H and O–H groups in total. The summed E-state index contributed by atoms with van der Waals surface area (Å²) >= 11 is 0. The molecular formula is C31H32O3. The lowest BCUT2D eigenvalue weighted by Gasteiger charge is -2.34. The first-order valence-electron chi connectivity index (χ1n) is 11.5. The number of aromatic hydroxyl groups is 3. The van der Waals surface area contributed by atoms with E-state index in [0.717, 1.165) is 33.4 Å². The van der Waals surface area contributed by atoms with Gasteiger partial charge < -0.3 is 15.3 Å². The molecule has 4 aromatic carbocycles. The van der Waals surface area contributed by atoms with Crippen LogP contribution >= 0.6 is 0 Å². The van der Waals surface area contributed by atoms with E-state index < -0.39 is 5.41 Å². The Hall–Kier alpha value is -3.72. The zero-order valence-electron chi connectivity index (χ0n) is 20.4. The number of aryl methyl sites for hydroxylation is 2. The Balaban J connectivity index is 1.84. The minimum absolute atomic E-state index is 0.229. The molecule has 4 rings (SSSR count). The van der Waals surface area contributed by atoms with Gasteiger partial charge in [-0.3, -0.25) is 0 Å². The highest BCUT2D eigenvalue weighted by Crippen LogP contribution is 2.42. The summed E-state index contributed by atoms with van der Waals surface area (Å²) in [6.45, 7) is 10.4. The standard InChI is InChI=1S/C31H32O3/c1-20-18-25(12-16-28(20)33)31(5,26-13-17-29(34)21(2)19-26)24-8-6-22(7-9-24)30(3,4)23-10-14-27(32)15-11-23/h6-19,32-34H,1-5H3. The van der Waals surface area contributed by atoms with E-state index in [1.54, 1.807) is 24.3 Å². The Morgan fingerprint density at radius 1 is 0.471 bits per heavy atom. The smallest absolute Gasteiger partial charge is 0.118 e. The van der Waals surface area contributed by atoms with E-state index in [1.807, 2.05) is 50.2 Å². The molecule has 0 saturated carbocycles. The van der Waals surface area contributed by atoms with Crippen LogP contribution < -0.4 is 0 Å². The van der Waals surface area contributed by atoms with Gasteiger partial charge in [-0.2, -0.15) is 0 Å². The number of hydrogen-bond donors (Lipinski definition) is 3. The van der Waals surface area contributed by atoms with Crippen molar-refractivity contribution in [3.63, 3.8) is 0 Å². The monoisotopic (exact) mass is 452 g/mol. The SMILES string of the molecule is Cc1cc(C(C)(c2ccc(C(C)(C)c3ccc(O)cc3)cc2)c2ccc(O)c(C)c2)ccc1O. The van der Waals surface area contributed by atoms with Gasteiger partial charge in [0.05, 0.1) is 0 Å². The zero-order chi connectivity index (χ0) is 24.7. The van der Waals surface area contributed by atoms with E-state index >= 15 is 0 Å². The van der Waals surface area contributed by atoms with Crippen molar-refractivity contribution < 1.29 is 15.3 Å². The molecular weight excluding hydrogens is 420 g/mol. The molecule has 0 saturated heterocycles. The van der Waals surface area contributed by atoms with Crippen LogP contribution in [-0.4, -0.2) is 15.3 Å². The predicted molar refractivity (Wildman–Crippen MR) is 138 cm³/mol. The van der Waals surface area contributed by atoms with Gasteiger partial charge in [-0.25, -0.2) is 0 Å². The molecule has 0 bridgehead atoms. The van der Waals surface area contributed by atoms with Gasteiger partial charge in [-0.05, 0) is 84.0 Å². The van der Waals surface area contributed by atoms with Crippen LogP contribution in [0.1, 0.15) is 59.7 Å². The summed E-state index contributed by atoms with van der Waals surface area (Å²) in [6, 6.07) is 27.6. The lowest BCUT2D eigenvalue weighted by atomic mass is 9.69. The quantitative estimate of drug-likeness (QED) is 0.283. The molecule has 0 atom stereocenters. The van der Waals surface area contributed by atoms with Gasteiger partial charge in [-0.1, -0.05) is 74.5 Å². The largest absolute Gasteiger partial charge is 0.508 e. The van der Waals surface area contributed by atoms with E-state index in [1.165, 1.54) is 5.56 Å². The van der Waals surface area contributed by atoms with Crippen LogP contribution in [0.15, 0.2) is 84.9 Å². The number of rotatable bonds is 5. The van der Waals surface area contributed by atoms with Crippen LogP contribution in [0.3, 0.4) is 0 Å². The molecule has 3 heteroatoms. The third kappa shape index (κ3) is 4.03. The molecule has 34 heavy (non-hydrogen) atoms. The van der Waals surface area contributed by atoms with E-state index in [9.17, 15) is 15.3 Å². The average molecular weight is 453 g/mol. The van der Waals surface area contributed by atoms with Crippen molar-refractivity contribution in [1.82, 2.24) is 0 Å². The molecule has 0 aliphatic carbocycles. The van der Waals surface area contributed by atoms with Crippen molar-refractivity contribution >= 4 is 0 Å². The predicted octanol–water partition coefficient (Wildman–Crippen LogP) is 7.10. The van der Waals surface area contributed by atoms with Crippen LogP contribution in [0.25, 0.3) is 0 Å². The molecule has 0 amide bonds. The fourth-order valence-corrected chi connectivity index (χ4v) is 4.70. The summed E-state index contributed by atoms with van der Waals surface area (Å²) in [5.41, 5.74) is 6.49. The minimum Gasteiger partial charge on any atom is -0.508 e. The third-order valence-electron chi connectivity index (χ3n) is 7.32. The molecule has 4 aromatic rings. The summed E-state index contributed by atoms with van der Waals surface area (Å²) in [6.07, 6.45) is 0. The molecule has 0 heterocycles. The highest BCUT2D eigenvalue weighted by atomic mass is 16.3. The maximum absolute atomic E-state index is 10.1. The molecule has 174 valence electrons. The fraction of sp³-hybridized carbons (Fsp3) is 0.226. The Bertz CT molecular complexity index is 1260. The maximum atomic E-state index is 10.1. The summed E-state index contributed by atoms with van der Waals surface area (Å²) < 4.78 is 0. The highest BCUT2D eigenvalue weighted by Gasteiger charge is 2.33. The van der Waals surface area contributed by atoms with Crippen LogP contribution in [0.4, 0.5) is 0 Å². The molecule has 0 radical (unpaired) electrons. The van der Waals surface area contributed by atoms with E-state index in [-0.39, 0.29) is 22.7 Å². The molecule has 0 unspecified atom stereocenters. The van der Waals surface area contributed by atoms with Crippen molar-refractivity contribution in [3.05, 3.63) is 124 Å². The van der Waals surface area contributed by atoms with Gasteiger partial charge in [0.1, 0.15) is 17.2 Å². The van der Waals surface area contributed by atoms with Crippen LogP contribution in [0.2, 0.25) is 0 Å². The molecule has 0 aromatic heterocycles. The summed E-state index contributed by atoms with van der Waals surface area (Å²) in [5, 5.41) is 29.9. The van der Waals surface area contributed by atoms with Gasteiger partial charge in [0, 0.05) is 10.8 Å². The molecule has 0 spiro atoms. The summed E-state index contributed by atoms with van der Waals surface area (Å²) in [4.78, 5) is 0. The van der Waals surface area contributed by atoms with Gasteiger partial charge in [-0.15, -0.1) is 0 Å². The topological polar surface area (TPSA) is 60.7 Å². The minimum atomic E-state index is -0.488. The Morgan fingerprint density at radius 2 is 0.824 bits per heavy atom. The molecule has 0 fully saturated rings. The zero-order valence-corrected chi connectivity index (χ0v) is 20.4. The number of phenolic OH excluding ortho intramolecular Hbond substituents is 3. The van der Waals surface area contributed by atoms with Crippen molar-refractivity contribution in [3.8, 4) is 17.2 Å². The lowest BCUT2D eigenvalue weighted by molar-refractivity contribution is 0.470. The normalized spacial score (nSPS) is 12.0. The second-order valence-corrected chi connectivity index (χ2v) is 9.88. The second-order valence-electron chi connectivity index (χ2n) is 9.88. The average Bonchev–Trinajstić information content (AvgIpc) is 2.82. The van der Waals surface area contributed by atoms with Gasteiger partial charge in [0.25, 0.3) is 0 Å². The first kappa shape index (κ1) is 23.4. The van der Waals surface area contributed by atoms with Crippen LogP contribution in [-0.2, 0) is 10.8 Å². The first-order chi connectivity index (χ1) is 16.0. The van der Waals surface area contributed by atoms with Gasteiger partial charge in [0.15, 0.2) is 0 Å². The Kier molecular flexibility index (Phi) is 5.91. The lowest BCUT2D eigenvalue weighted by Crippen LogP contribution is -2.26. The van der Waals surface area contributed by atoms with Crippen LogP contribution in [0, 0.1) is 13.8 Å². The van der Waals surface area contributed by atoms with Crippen molar-refractivity contribution in [2.24, 2.45) is 0 Å². The highest BCUT2D eigenvalue weighted by molar-refractivity contribution is 5.54. The second kappa shape index (κ2) is 8.57.